The molecular formula is C11H19Br. The predicted octanol–water partition coefficient (Wildman–Crippen LogP) is 4.32. The van der Waals surface area contributed by atoms with E-state index in [4.69, 9.17) is 0 Å². The molecule has 0 saturated carbocycles. The zero-order valence-electron chi connectivity index (χ0n) is 7.93. The second-order valence-corrected chi connectivity index (χ2v) is 3.70. The summed E-state index contributed by atoms with van der Waals surface area (Å²) >= 11 is 3.54. The molecule has 12 heavy (non-hydrogen) atoms. The first-order chi connectivity index (χ1) is 5.85. The van der Waals surface area contributed by atoms with Crippen molar-refractivity contribution in [2.24, 2.45) is 5.92 Å². The molecule has 0 spiro atoms. The van der Waals surface area contributed by atoms with Gasteiger partial charge in [0.1, 0.15) is 0 Å². The predicted molar refractivity (Wildman–Crippen MR) is 60.8 cm³/mol. The second-order valence-electron chi connectivity index (χ2n) is 3.05. The average molecular weight is 231 g/mol. The minimum absolute atomic E-state index is 0.851. The smallest absolute Gasteiger partial charge is 0.00597 e. The molecule has 0 amide bonds. The van der Waals surface area contributed by atoms with Crippen LogP contribution in [0.5, 0.6) is 0 Å². The van der Waals surface area contributed by atoms with Crippen LogP contribution in [0.1, 0.15) is 32.6 Å². The van der Waals surface area contributed by atoms with Crippen molar-refractivity contribution in [1.29, 1.82) is 0 Å². The summed E-state index contributed by atoms with van der Waals surface area (Å²) in [6.45, 7) is 5.88. The Hall–Kier alpha value is -0.0400. The Labute approximate surface area is 84.9 Å². The Morgan fingerprint density at radius 2 is 2.17 bits per heavy atom. The summed E-state index contributed by atoms with van der Waals surface area (Å²) in [4.78, 5) is 0. The number of halogens is 1. The van der Waals surface area contributed by atoms with Crippen LogP contribution in [0.25, 0.3) is 0 Å². The van der Waals surface area contributed by atoms with Gasteiger partial charge in [0.2, 0.25) is 0 Å². The molecule has 0 heterocycles. The van der Waals surface area contributed by atoms with E-state index in [1.807, 2.05) is 12.2 Å². The fourth-order valence-corrected chi connectivity index (χ4v) is 1.88. The van der Waals surface area contributed by atoms with E-state index in [-0.39, 0.29) is 0 Å². The van der Waals surface area contributed by atoms with Gasteiger partial charge in [0.15, 0.2) is 0 Å². The summed E-state index contributed by atoms with van der Waals surface area (Å²) in [5.41, 5.74) is 0. The lowest BCUT2D eigenvalue weighted by molar-refractivity contribution is 0.501. The van der Waals surface area contributed by atoms with Gasteiger partial charge in [-0.15, -0.1) is 0 Å². The molecule has 0 saturated heterocycles. The van der Waals surface area contributed by atoms with E-state index < -0.39 is 0 Å². The van der Waals surface area contributed by atoms with Crippen LogP contribution in [0.15, 0.2) is 24.8 Å². The third-order valence-electron chi connectivity index (χ3n) is 1.93. The Morgan fingerprint density at radius 1 is 1.42 bits per heavy atom. The van der Waals surface area contributed by atoms with E-state index in [0.717, 1.165) is 11.2 Å². The van der Waals surface area contributed by atoms with Gasteiger partial charge in [-0.1, -0.05) is 54.1 Å². The maximum Gasteiger partial charge on any atom is 0.00597 e. The lowest BCUT2D eigenvalue weighted by atomic mass is 10.0. The minimum atomic E-state index is 0.851. The standard InChI is InChI=1S/C11H19Br/c1-3-5-6-7-9-11(10-12)8-4-2/h3,5-6,11H,1,4,7-10H2,2H3/b6-5+. The van der Waals surface area contributed by atoms with E-state index in [1.54, 1.807) is 0 Å². The van der Waals surface area contributed by atoms with Crippen LogP contribution in [0.4, 0.5) is 0 Å². The molecule has 0 N–H and O–H groups in total. The Balaban J connectivity index is 3.43. The van der Waals surface area contributed by atoms with Crippen LogP contribution in [0.3, 0.4) is 0 Å². The molecule has 0 aromatic carbocycles. The molecule has 0 aliphatic carbocycles. The van der Waals surface area contributed by atoms with E-state index in [2.05, 4.69) is 35.5 Å². The maximum atomic E-state index is 3.64. The van der Waals surface area contributed by atoms with E-state index in [0.29, 0.717) is 0 Å². The highest BCUT2D eigenvalue weighted by atomic mass is 79.9. The van der Waals surface area contributed by atoms with Crippen molar-refractivity contribution < 1.29 is 0 Å². The number of hydrogen-bond donors (Lipinski definition) is 0. The zero-order chi connectivity index (χ0) is 9.23. The van der Waals surface area contributed by atoms with Crippen molar-refractivity contribution in [2.45, 2.75) is 32.6 Å². The summed E-state index contributed by atoms with van der Waals surface area (Å²) in [5.74, 6) is 0.851. The highest BCUT2D eigenvalue weighted by Crippen LogP contribution is 2.16. The minimum Gasteiger partial charge on any atom is -0.0991 e. The molecular weight excluding hydrogens is 212 g/mol. The van der Waals surface area contributed by atoms with Crippen LogP contribution >= 0.6 is 15.9 Å². The fourth-order valence-electron chi connectivity index (χ4n) is 1.23. The van der Waals surface area contributed by atoms with Gasteiger partial charge in [0.05, 0.1) is 0 Å². The Kier molecular flexibility index (Phi) is 9.02. The van der Waals surface area contributed by atoms with Crippen LogP contribution in [0, 0.1) is 5.92 Å². The van der Waals surface area contributed by atoms with Gasteiger partial charge >= 0.3 is 0 Å². The van der Waals surface area contributed by atoms with Crippen molar-refractivity contribution in [1.82, 2.24) is 0 Å². The molecule has 0 aromatic heterocycles. The molecule has 1 atom stereocenters. The average Bonchev–Trinajstić information content (AvgIpc) is 2.10. The van der Waals surface area contributed by atoms with E-state index in [1.165, 1.54) is 25.7 Å². The highest BCUT2D eigenvalue weighted by Gasteiger charge is 2.03. The number of alkyl halides is 1. The zero-order valence-corrected chi connectivity index (χ0v) is 9.52. The van der Waals surface area contributed by atoms with Gasteiger partial charge in [-0.05, 0) is 25.2 Å². The van der Waals surface area contributed by atoms with Crippen molar-refractivity contribution in [3.63, 3.8) is 0 Å². The van der Waals surface area contributed by atoms with E-state index in [9.17, 15) is 0 Å². The molecule has 0 rings (SSSR count). The summed E-state index contributed by atoms with van der Waals surface area (Å²) in [6.07, 6.45) is 11.2. The molecule has 0 aliphatic rings. The summed E-state index contributed by atoms with van der Waals surface area (Å²) in [7, 11) is 0. The monoisotopic (exact) mass is 230 g/mol. The van der Waals surface area contributed by atoms with Crippen molar-refractivity contribution >= 4 is 15.9 Å². The van der Waals surface area contributed by atoms with Gasteiger partial charge in [0, 0.05) is 5.33 Å². The van der Waals surface area contributed by atoms with Crippen molar-refractivity contribution in [3.8, 4) is 0 Å². The molecule has 1 unspecified atom stereocenters. The van der Waals surface area contributed by atoms with Crippen LogP contribution in [-0.2, 0) is 0 Å². The topological polar surface area (TPSA) is 0 Å². The molecule has 0 radical (unpaired) electrons. The highest BCUT2D eigenvalue weighted by molar-refractivity contribution is 9.09. The number of rotatable bonds is 7. The van der Waals surface area contributed by atoms with Gasteiger partial charge < -0.3 is 0 Å². The molecule has 0 nitrogen and oxygen atoms in total. The molecule has 0 aromatic rings. The first-order valence-corrected chi connectivity index (χ1v) is 5.80. The van der Waals surface area contributed by atoms with Crippen LogP contribution in [-0.4, -0.2) is 5.33 Å². The summed E-state index contributed by atoms with van der Waals surface area (Å²) < 4.78 is 0. The van der Waals surface area contributed by atoms with Crippen molar-refractivity contribution in [2.75, 3.05) is 5.33 Å². The molecule has 1 heteroatoms. The molecule has 70 valence electrons. The van der Waals surface area contributed by atoms with Gasteiger partial charge in [-0.3, -0.25) is 0 Å². The number of allylic oxidation sites excluding steroid dienone is 3. The fraction of sp³-hybridized carbons (Fsp3) is 0.636. The SMILES string of the molecule is C=C/C=C/CCC(CBr)CCC. The lowest BCUT2D eigenvalue weighted by Crippen LogP contribution is -2.00. The number of hydrogen-bond acceptors (Lipinski definition) is 0. The van der Waals surface area contributed by atoms with Crippen LogP contribution < -0.4 is 0 Å². The van der Waals surface area contributed by atoms with Gasteiger partial charge in [-0.2, -0.15) is 0 Å². The normalized spacial score (nSPS) is 13.5. The largest absolute Gasteiger partial charge is 0.0991 e. The molecule has 0 fully saturated rings. The first-order valence-electron chi connectivity index (χ1n) is 4.68. The quantitative estimate of drug-likeness (QED) is 0.452. The first kappa shape index (κ1) is 12.0. The maximum absolute atomic E-state index is 3.64. The molecule has 0 bridgehead atoms. The van der Waals surface area contributed by atoms with Gasteiger partial charge in [-0.25, -0.2) is 0 Å². The Bertz CT molecular complexity index is 127. The van der Waals surface area contributed by atoms with Gasteiger partial charge in [0.25, 0.3) is 0 Å². The Morgan fingerprint density at radius 3 is 2.67 bits per heavy atom. The molecule has 0 aliphatic heterocycles. The van der Waals surface area contributed by atoms with Crippen molar-refractivity contribution in [3.05, 3.63) is 24.8 Å². The third-order valence-corrected chi connectivity index (χ3v) is 2.84. The van der Waals surface area contributed by atoms with Crippen LogP contribution in [0.2, 0.25) is 0 Å². The lowest BCUT2D eigenvalue weighted by Gasteiger charge is -2.10. The third kappa shape index (κ3) is 6.66. The summed E-state index contributed by atoms with van der Waals surface area (Å²) in [5, 5.41) is 1.14. The second kappa shape index (κ2) is 9.05. The summed E-state index contributed by atoms with van der Waals surface area (Å²) in [6, 6.07) is 0. The van der Waals surface area contributed by atoms with E-state index >= 15 is 0 Å².